The van der Waals surface area contributed by atoms with Gasteiger partial charge in [-0.1, -0.05) is 6.92 Å². The highest BCUT2D eigenvalue weighted by Gasteiger charge is 2.58. The van der Waals surface area contributed by atoms with Gasteiger partial charge in [0.15, 0.2) is 0 Å². The van der Waals surface area contributed by atoms with E-state index < -0.39 is 24.1 Å². The number of hydrogen-bond acceptors (Lipinski definition) is 4. The zero-order valence-corrected chi connectivity index (χ0v) is 9.14. The molecule has 0 aliphatic heterocycles. The van der Waals surface area contributed by atoms with E-state index in [4.69, 9.17) is 11.5 Å². The summed E-state index contributed by atoms with van der Waals surface area (Å²) in [6, 6.07) is 0. The van der Waals surface area contributed by atoms with Crippen molar-refractivity contribution in [3.8, 4) is 0 Å². The summed E-state index contributed by atoms with van der Waals surface area (Å²) in [5.74, 6) is -1.43. The van der Waals surface area contributed by atoms with Crippen LogP contribution in [0.5, 0.6) is 0 Å². The molecule has 4 N–H and O–H groups in total. The SMILES string of the molecule is CCCOC(=O)C(N)(CCCN)C(F)(F)F. The normalized spacial score (nSPS) is 15.6. The standard InChI is InChI=1S/C9H17F3N2O2/c1-2-6-16-7(15)8(14,4-3-5-13)9(10,11)12/h2-6,13-14H2,1H3. The molecule has 1 unspecified atom stereocenters. The highest BCUT2D eigenvalue weighted by molar-refractivity contribution is 5.81. The van der Waals surface area contributed by atoms with Gasteiger partial charge >= 0.3 is 12.1 Å². The number of nitrogens with two attached hydrogens (primary N) is 2. The van der Waals surface area contributed by atoms with Crippen molar-refractivity contribution in [3.05, 3.63) is 0 Å². The molecule has 0 spiro atoms. The third-order valence-electron chi connectivity index (χ3n) is 2.08. The van der Waals surface area contributed by atoms with Gasteiger partial charge in [-0.25, -0.2) is 4.79 Å². The van der Waals surface area contributed by atoms with Gasteiger partial charge in [0.05, 0.1) is 6.61 Å². The van der Waals surface area contributed by atoms with Crippen LogP contribution in [0.3, 0.4) is 0 Å². The Hall–Kier alpha value is -0.820. The smallest absolute Gasteiger partial charge is 0.417 e. The molecule has 0 heterocycles. The Kier molecular flexibility index (Phi) is 5.74. The Labute approximate surface area is 92.1 Å². The van der Waals surface area contributed by atoms with Gasteiger partial charge in [-0.2, -0.15) is 13.2 Å². The topological polar surface area (TPSA) is 78.3 Å². The molecule has 96 valence electrons. The van der Waals surface area contributed by atoms with E-state index in [1.807, 2.05) is 0 Å². The third-order valence-corrected chi connectivity index (χ3v) is 2.08. The van der Waals surface area contributed by atoms with Gasteiger partial charge in [-0.05, 0) is 25.8 Å². The van der Waals surface area contributed by atoms with Crippen LogP contribution in [0.2, 0.25) is 0 Å². The Morgan fingerprint density at radius 1 is 1.38 bits per heavy atom. The number of rotatable bonds is 6. The summed E-state index contributed by atoms with van der Waals surface area (Å²) in [6.07, 6.45) is -4.93. The highest BCUT2D eigenvalue weighted by atomic mass is 19.4. The van der Waals surface area contributed by atoms with Crippen molar-refractivity contribution < 1.29 is 22.7 Å². The molecule has 0 aliphatic rings. The predicted molar refractivity (Wildman–Crippen MR) is 52.5 cm³/mol. The van der Waals surface area contributed by atoms with E-state index in [-0.39, 0.29) is 19.6 Å². The predicted octanol–water partition coefficient (Wildman–Crippen LogP) is 0.938. The number of ether oxygens (including phenoxy) is 1. The molecule has 0 fully saturated rings. The largest absolute Gasteiger partial charge is 0.464 e. The monoisotopic (exact) mass is 242 g/mol. The van der Waals surface area contributed by atoms with Gasteiger partial charge in [-0.3, -0.25) is 0 Å². The van der Waals surface area contributed by atoms with E-state index in [1.165, 1.54) is 0 Å². The molecule has 1 atom stereocenters. The molecular formula is C9H17F3N2O2. The maximum absolute atomic E-state index is 12.6. The second-order valence-corrected chi connectivity index (χ2v) is 3.50. The van der Waals surface area contributed by atoms with Crippen LogP contribution in [-0.2, 0) is 9.53 Å². The molecule has 0 rings (SSSR count). The van der Waals surface area contributed by atoms with Gasteiger partial charge in [0.2, 0.25) is 5.54 Å². The highest BCUT2D eigenvalue weighted by Crippen LogP contribution is 2.33. The van der Waals surface area contributed by atoms with Crippen LogP contribution in [0.25, 0.3) is 0 Å². The van der Waals surface area contributed by atoms with Crippen LogP contribution >= 0.6 is 0 Å². The lowest BCUT2D eigenvalue weighted by atomic mass is 9.94. The van der Waals surface area contributed by atoms with Crippen molar-refractivity contribution >= 4 is 5.97 Å². The second-order valence-electron chi connectivity index (χ2n) is 3.50. The fourth-order valence-electron chi connectivity index (χ4n) is 1.06. The Morgan fingerprint density at radius 3 is 2.31 bits per heavy atom. The lowest BCUT2D eigenvalue weighted by molar-refractivity contribution is -0.207. The number of halogens is 3. The molecular weight excluding hydrogens is 225 g/mol. The maximum Gasteiger partial charge on any atom is 0.417 e. The van der Waals surface area contributed by atoms with E-state index in [1.54, 1.807) is 6.92 Å². The van der Waals surface area contributed by atoms with Crippen molar-refractivity contribution in [2.24, 2.45) is 11.5 Å². The van der Waals surface area contributed by atoms with Crippen molar-refractivity contribution in [3.63, 3.8) is 0 Å². The van der Waals surface area contributed by atoms with Crippen LogP contribution in [0, 0.1) is 0 Å². The molecule has 0 aromatic carbocycles. The van der Waals surface area contributed by atoms with E-state index in [9.17, 15) is 18.0 Å². The van der Waals surface area contributed by atoms with Crippen molar-refractivity contribution in [1.82, 2.24) is 0 Å². The first-order valence-electron chi connectivity index (χ1n) is 5.02. The summed E-state index contributed by atoms with van der Waals surface area (Å²) in [7, 11) is 0. The minimum absolute atomic E-state index is 0.0111. The molecule has 0 aromatic rings. The van der Waals surface area contributed by atoms with Crippen LogP contribution in [0.15, 0.2) is 0 Å². The minimum atomic E-state index is -4.83. The molecule has 4 nitrogen and oxygen atoms in total. The number of hydrogen-bond donors (Lipinski definition) is 2. The fourth-order valence-corrected chi connectivity index (χ4v) is 1.06. The zero-order chi connectivity index (χ0) is 12.8. The van der Waals surface area contributed by atoms with Crippen LogP contribution in [0.1, 0.15) is 26.2 Å². The lowest BCUT2D eigenvalue weighted by Gasteiger charge is -2.29. The average Bonchev–Trinajstić information content (AvgIpc) is 2.20. The summed E-state index contributed by atoms with van der Waals surface area (Å²) >= 11 is 0. The van der Waals surface area contributed by atoms with E-state index >= 15 is 0 Å². The quantitative estimate of drug-likeness (QED) is 0.679. The number of carbonyl (C=O) groups is 1. The molecule has 0 amide bonds. The van der Waals surface area contributed by atoms with Crippen molar-refractivity contribution in [1.29, 1.82) is 0 Å². The molecule has 0 aromatic heterocycles. The van der Waals surface area contributed by atoms with Crippen molar-refractivity contribution in [2.75, 3.05) is 13.2 Å². The van der Waals surface area contributed by atoms with E-state index in [2.05, 4.69) is 4.74 Å². The Bertz CT molecular complexity index is 233. The minimum Gasteiger partial charge on any atom is -0.464 e. The molecule has 7 heteroatoms. The van der Waals surface area contributed by atoms with Gasteiger partial charge < -0.3 is 16.2 Å². The third kappa shape index (κ3) is 3.64. The van der Waals surface area contributed by atoms with Gasteiger partial charge in [0.1, 0.15) is 0 Å². The first kappa shape index (κ1) is 15.2. The number of alkyl halides is 3. The molecule has 0 bridgehead atoms. The van der Waals surface area contributed by atoms with Crippen molar-refractivity contribution in [2.45, 2.75) is 37.9 Å². The molecule has 0 aliphatic carbocycles. The Morgan fingerprint density at radius 2 is 1.94 bits per heavy atom. The zero-order valence-electron chi connectivity index (χ0n) is 9.14. The van der Waals surface area contributed by atoms with Crippen LogP contribution in [0.4, 0.5) is 13.2 Å². The molecule has 0 saturated carbocycles. The molecule has 0 saturated heterocycles. The number of carbonyl (C=O) groups excluding carboxylic acids is 1. The summed E-state index contributed by atoms with van der Waals surface area (Å²) in [5, 5.41) is 0. The van der Waals surface area contributed by atoms with E-state index in [0.29, 0.717) is 6.42 Å². The summed E-state index contributed by atoms with van der Waals surface area (Å²) in [5.41, 5.74) is 7.25. The van der Waals surface area contributed by atoms with Gasteiger partial charge in [-0.15, -0.1) is 0 Å². The fraction of sp³-hybridized carbons (Fsp3) is 0.889. The molecule has 16 heavy (non-hydrogen) atoms. The maximum atomic E-state index is 12.6. The summed E-state index contributed by atoms with van der Waals surface area (Å²) in [4.78, 5) is 11.3. The number of esters is 1. The second kappa shape index (κ2) is 6.05. The lowest BCUT2D eigenvalue weighted by Crippen LogP contribution is -2.60. The Balaban J connectivity index is 4.71. The average molecular weight is 242 g/mol. The summed E-state index contributed by atoms with van der Waals surface area (Å²) < 4.78 is 42.4. The van der Waals surface area contributed by atoms with Gasteiger partial charge in [0.25, 0.3) is 0 Å². The first-order chi connectivity index (χ1) is 7.29. The first-order valence-corrected chi connectivity index (χ1v) is 5.02. The van der Waals surface area contributed by atoms with Crippen LogP contribution in [-0.4, -0.2) is 30.8 Å². The summed E-state index contributed by atoms with van der Waals surface area (Å²) in [6.45, 7) is 1.64. The van der Waals surface area contributed by atoms with Gasteiger partial charge in [0, 0.05) is 0 Å². The molecule has 0 radical (unpaired) electrons. The van der Waals surface area contributed by atoms with Crippen LogP contribution < -0.4 is 11.5 Å². The van der Waals surface area contributed by atoms with E-state index in [0.717, 1.165) is 0 Å².